The van der Waals surface area contributed by atoms with Crippen LogP contribution < -0.4 is 0 Å². The number of azo groups is 1. The third-order valence-electron chi connectivity index (χ3n) is 2.55. The van der Waals surface area contributed by atoms with Crippen molar-refractivity contribution in [3.05, 3.63) is 58.1 Å². The second-order valence-corrected chi connectivity index (χ2v) is 3.92. The Morgan fingerprint density at radius 2 is 1.79 bits per heavy atom. The number of aromatic hydroxyl groups is 1. The van der Waals surface area contributed by atoms with Gasteiger partial charge in [0.1, 0.15) is 11.4 Å². The lowest BCUT2D eigenvalue weighted by Gasteiger charge is -2.00. The van der Waals surface area contributed by atoms with E-state index in [4.69, 9.17) is 0 Å². The number of non-ortho nitro benzene ring substituents is 1. The molecule has 0 fully saturated rings. The Balaban J connectivity index is 2.23. The molecule has 1 N–H and O–H groups in total. The summed E-state index contributed by atoms with van der Waals surface area (Å²) in [7, 11) is 0. The van der Waals surface area contributed by atoms with Crippen LogP contribution in [0, 0.1) is 17.0 Å². The number of nitro groups is 1. The van der Waals surface area contributed by atoms with Crippen molar-refractivity contribution in [1.29, 1.82) is 0 Å². The maximum absolute atomic E-state index is 10.5. The number of rotatable bonds is 3. The fourth-order valence-corrected chi connectivity index (χ4v) is 1.48. The molecule has 0 spiro atoms. The molecule has 0 amide bonds. The van der Waals surface area contributed by atoms with E-state index in [1.54, 1.807) is 25.1 Å². The number of nitro benzene ring substituents is 1. The van der Waals surface area contributed by atoms with E-state index in [-0.39, 0.29) is 11.4 Å². The average molecular weight is 257 g/mol. The van der Waals surface area contributed by atoms with E-state index < -0.39 is 4.92 Å². The summed E-state index contributed by atoms with van der Waals surface area (Å²) in [6, 6.07) is 10.9. The summed E-state index contributed by atoms with van der Waals surface area (Å²) < 4.78 is 0. The monoisotopic (exact) mass is 257 g/mol. The van der Waals surface area contributed by atoms with Gasteiger partial charge in [0.25, 0.3) is 5.69 Å². The summed E-state index contributed by atoms with van der Waals surface area (Å²) in [6.07, 6.45) is 0. The highest BCUT2D eigenvalue weighted by atomic mass is 16.6. The third kappa shape index (κ3) is 2.92. The molecule has 0 aliphatic rings. The zero-order valence-electron chi connectivity index (χ0n) is 10.1. The lowest BCUT2D eigenvalue weighted by molar-refractivity contribution is -0.384. The molecule has 96 valence electrons. The largest absolute Gasteiger partial charge is 0.505 e. The van der Waals surface area contributed by atoms with Crippen LogP contribution in [-0.4, -0.2) is 10.0 Å². The molecular weight excluding hydrogens is 246 g/mol. The standard InChI is InChI=1S/C13H11N3O3/c1-9-3-2-4-12(13(9)17)15-14-10-5-7-11(8-6-10)16(18)19/h2-8,17H,1H3. The molecule has 0 saturated heterocycles. The summed E-state index contributed by atoms with van der Waals surface area (Å²) in [5.74, 6) is 0.0770. The molecule has 0 aromatic heterocycles. The van der Waals surface area contributed by atoms with Crippen molar-refractivity contribution in [2.75, 3.05) is 0 Å². The lowest BCUT2D eigenvalue weighted by atomic mass is 10.2. The van der Waals surface area contributed by atoms with Crippen molar-refractivity contribution in [2.24, 2.45) is 10.2 Å². The molecule has 2 aromatic carbocycles. The van der Waals surface area contributed by atoms with Crippen molar-refractivity contribution in [3.63, 3.8) is 0 Å². The maximum atomic E-state index is 10.5. The van der Waals surface area contributed by atoms with Crippen LogP contribution >= 0.6 is 0 Å². The number of phenolic OH excluding ortho intramolecular Hbond substituents is 1. The molecule has 0 bridgehead atoms. The minimum absolute atomic E-state index is 0.00245. The van der Waals surface area contributed by atoms with Gasteiger partial charge in [0.2, 0.25) is 0 Å². The number of nitrogens with zero attached hydrogens (tertiary/aromatic N) is 3. The Hall–Kier alpha value is -2.76. The van der Waals surface area contributed by atoms with Crippen molar-refractivity contribution in [2.45, 2.75) is 6.92 Å². The third-order valence-corrected chi connectivity index (χ3v) is 2.55. The molecule has 0 aliphatic carbocycles. The normalized spacial score (nSPS) is 10.8. The van der Waals surface area contributed by atoms with Crippen molar-refractivity contribution < 1.29 is 10.0 Å². The molecular formula is C13H11N3O3. The van der Waals surface area contributed by atoms with Gasteiger partial charge in [0.15, 0.2) is 0 Å². The number of phenols is 1. The number of para-hydroxylation sites is 1. The van der Waals surface area contributed by atoms with Gasteiger partial charge in [-0.2, -0.15) is 5.11 Å². The first-order chi connectivity index (χ1) is 9.08. The fourth-order valence-electron chi connectivity index (χ4n) is 1.48. The predicted molar refractivity (Wildman–Crippen MR) is 70.1 cm³/mol. The molecule has 6 heteroatoms. The Morgan fingerprint density at radius 3 is 2.42 bits per heavy atom. The first kappa shape index (κ1) is 12.7. The highest BCUT2D eigenvalue weighted by Gasteiger charge is 2.04. The zero-order valence-corrected chi connectivity index (χ0v) is 10.1. The van der Waals surface area contributed by atoms with Crippen LogP contribution in [0.1, 0.15) is 5.56 Å². The fraction of sp³-hybridized carbons (Fsp3) is 0.0769. The summed E-state index contributed by atoms with van der Waals surface area (Å²) in [5, 5.41) is 28.1. The van der Waals surface area contributed by atoms with Gasteiger partial charge in [0.05, 0.1) is 10.6 Å². The highest BCUT2D eigenvalue weighted by molar-refractivity contribution is 5.54. The van der Waals surface area contributed by atoms with Crippen LogP contribution in [0.15, 0.2) is 52.7 Å². The summed E-state index contributed by atoms with van der Waals surface area (Å²) in [4.78, 5) is 10.0. The summed E-state index contributed by atoms with van der Waals surface area (Å²) in [6.45, 7) is 1.76. The average Bonchev–Trinajstić information content (AvgIpc) is 2.41. The van der Waals surface area contributed by atoms with Gasteiger partial charge in [-0.1, -0.05) is 12.1 Å². The first-order valence-electron chi connectivity index (χ1n) is 5.52. The number of hydrogen-bond donors (Lipinski definition) is 1. The SMILES string of the molecule is Cc1cccc(N=Nc2ccc([N+](=O)[O-])cc2)c1O. The van der Waals surface area contributed by atoms with Gasteiger partial charge in [-0.25, -0.2) is 0 Å². The van der Waals surface area contributed by atoms with Crippen LogP contribution in [0.25, 0.3) is 0 Å². The van der Waals surface area contributed by atoms with Gasteiger partial charge < -0.3 is 5.11 Å². The molecule has 0 aliphatic heterocycles. The van der Waals surface area contributed by atoms with E-state index in [0.29, 0.717) is 16.9 Å². The van der Waals surface area contributed by atoms with Gasteiger partial charge in [0, 0.05) is 12.1 Å². The molecule has 0 radical (unpaired) electrons. The van der Waals surface area contributed by atoms with E-state index >= 15 is 0 Å². The van der Waals surface area contributed by atoms with E-state index in [0.717, 1.165) is 0 Å². The Labute approximate surface area is 109 Å². The minimum atomic E-state index is -0.479. The molecule has 6 nitrogen and oxygen atoms in total. The second kappa shape index (κ2) is 5.26. The van der Waals surface area contributed by atoms with Crippen LogP contribution in [-0.2, 0) is 0 Å². The lowest BCUT2D eigenvalue weighted by Crippen LogP contribution is -1.85. The quantitative estimate of drug-likeness (QED) is 0.511. The van der Waals surface area contributed by atoms with Crippen LogP contribution in [0.4, 0.5) is 17.1 Å². The smallest absolute Gasteiger partial charge is 0.269 e. The number of hydrogen-bond acceptors (Lipinski definition) is 5. The van der Waals surface area contributed by atoms with E-state index in [9.17, 15) is 15.2 Å². The Bertz CT molecular complexity index is 636. The van der Waals surface area contributed by atoms with E-state index in [1.165, 1.54) is 24.3 Å². The maximum Gasteiger partial charge on any atom is 0.269 e. The molecule has 0 saturated carbocycles. The molecule has 2 aromatic rings. The van der Waals surface area contributed by atoms with Crippen LogP contribution in [0.2, 0.25) is 0 Å². The van der Waals surface area contributed by atoms with E-state index in [2.05, 4.69) is 10.2 Å². The molecule has 0 atom stereocenters. The molecule has 0 unspecified atom stereocenters. The second-order valence-electron chi connectivity index (χ2n) is 3.92. The zero-order chi connectivity index (χ0) is 13.8. The van der Waals surface area contributed by atoms with Crippen molar-refractivity contribution in [3.8, 4) is 5.75 Å². The summed E-state index contributed by atoms with van der Waals surface area (Å²) in [5.41, 5.74) is 1.54. The predicted octanol–water partition coefficient (Wildman–Crippen LogP) is 4.02. The molecule has 0 heterocycles. The van der Waals surface area contributed by atoms with Gasteiger partial charge in [-0.15, -0.1) is 5.11 Å². The Morgan fingerprint density at radius 1 is 1.11 bits per heavy atom. The molecule has 19 heavy (non-hydrogen) atoms. The first-order valence-corrected chi connectivity index (χ1v) is 5.52. The van der Waals surface area contributed by atoms with E-state index in [1.807, 2.05) is 0 Å². The Kier molecular flexibility index (Phi) is 3.51. The number of aryl methyl sites for hydroxylation is 1. The highest BCUT2D eigenvalue weighted by Crippen LogP contribution is 2.30. The van der Waals surface area contributed by atoms with Gasteiger partial charge in [-0.05, 0) is 30.7 Å². The number of benzene rings is 2. The van der Waals surface area contributed by atoms with Crippen molar-refractivity contribution in [1.82, 2.24) is 0 Å². The van der Waals surface area contributed by atoms with Gasteiger partial charge in [-0.3, -0.25) is 10.1 Å². The summed E-state index contributed by atoms with van der Waals surface area (Å²) >= 11 is 0. The van der Waals surface area contributed by atoms with Crippen molar-refractivity contribution >= 4 is 17.1 Å². The van der Waals surface area contributed by atoms with Gasteiger partial charge >= 0.3 is 0 Å². The van der Waals surface area contributed by atoms with Crippen LogP contribution in [0.3, 0.4) is 0 Å². The topological polar surface area (TPSA) is 88.1 Å². The van der Waals surface area contributed by atoms with Crippen LogP contribution in [0.5, 0.6) is 5.75 Å². The molecule has 2 rings (SSSR count). The minimum Gasteiger partial charge on any atom is -0.505 e.